The standard InChI is InChI=1S/C13H20N2/c14-12-8-6-11(7-9-12)10-15-13-4-2-1-3-5-13/h1-5,11-12,15H,6-10,14H2/t11-,12-. The van der Waals surface area contributed by atoms with E-state index in [4.69, 9.17) is 5.73 Å². The van der Waals surface area contributed by atoms with E-state index >= 15 is 0 Å². The van der Waals surface area contributed by atoms with Gasteiger partial charge >= 0.3 is 0 Å². The van der Waals surface area contributed by atoms with Gasteiger partial charge in [-0.1, -0.05) is 18.2 Å². The number of nitrogens with two attached hydrogens (primary N) is 1. The normalized spacial score (nSPS) is 26.2. The SMILES string of the molecule is N[C@H]1CC[C@H](CNc2ccccc2)CC1. The molecule has 15 heavy (non-hydrogen) atoms. The molecule has 1 aromatic rings. The van der Waals surface area contributed by atoms with Crippen molar-refractivity contribution in [3.05, 3.63) is 30.3 Å². The van der Waals surface area contributed by atoms with Gasteiger partial charge in [-0.05, 0) is 43.7 Å². The number of hydrogen-bond acceptors (Lipinski definition) is 2. The van der Waals surface area contributed by atoms with Gasteiger partial charge in [-0.3, -0.25) is 0 Å². The zero-order valence-electron chi connectivity index (χ0n) is 9.15. The van der Waals surface area contributed by atoms with Gasteiger partial charge in [-0.25, -0.2) is 0 Å². The van der Waals surface area contributed by atoms with Crippen LogP contribution in [0.25, 0.3) is 0 Å². The van der Waals surface area contributed by atoms with Crippen LogP contribution in [0.5, 0.6) is 0 Å². The molecule has 0 atom stereocenters. The number of benzene rings is 1. The van der Waals surface area contributed by atoms with Gasteiger partial charge in [0.1, 0.15) is 0 Å². The van der Waals surface area contributed by atoms with Gasteiger partial charge < -0.3 is 11.1 Å². The zero-order chi connectivity index (χ0) is 10.5. The van der Waals surface area contributed by atoms with Gasteiger partial charge in [0.15, 0.2) is 0 Å². The van der Waals surface area contributed by atoms with Gasteiger partial charge in [0, 0.05) is 18.3 Å². The molecule has 1 saturated carbocycles. The van der Waals surface area contributed by atoms with E-state index in [1.165, 1.54) is 31.4 Å². The second-order valence-electron chi connectivity index (χ2n) is 4.53. The Labute approximate surface area is 91.9 Å². The predicted molar refractivity (Wildman–Crippen MR) is 64.9 cm³/mol. The van der Waals surface area contributed by atoms with Crippen LogP contribution in [-0.4, -0.2) is 12.6 Å². The van der Waals surface area contributed by atoms with Crippen molar-refractivity contribution in [3.63, 3.8) is 0 Å². The molecule has 0 saturated heterocycles. The maximum absolute atomic E-state index is 5.88. The van der Waals surface area contributed by atoms with E-state index in [9.17, 15) is 0 Å². The third kappa shape index (κ3) is 3.24. The molecule has 0 aliphatic heterocycles. The van der Waals surface area contributed by atoms with Crippen molar-refractivity contribution in [2.45, 2.75) is 31.7 Å². The van der Waals surface area contributed by atoms with E-state index in [0.717, 1.165) is 12.5 Å². The molecule has 0 amide bonds. The zero-order valence-corrected chi connectivity index (χ0v) is 9.15. The van der Waals surface area contributed by atoms with Gasteiger partial charge in [0.2, 0.25) is 0 Å². The first-order valence-electron chi connectivity index (χ1n) is 5.89. The Balaban J connectivity index is 1.74. The summed E-state index contributed by atoms with van der Waals surface area (Å²) in [6, 6.07) is 10.9. The average Bonchev–Trinajstić information content (AvgIpc) is 2.30. The molecule has 0 unspecified atom stereocenters. The Hall–Kier alpha value is -1.02. The summed E-state index contributed by atoms with van der Waals surface area (Å²) >= 11 is 0. The van der Waals surface area contributed by atoms with Crippen molar-refractivity contribution in [1.82, 2.24) is 0 Å². The highest BCUT2D eigenvalue weighted by Gasteiger charge is 2.17. The summed E-state index contributed by atoms with van der Waals surface area (Å²) in [5.41, 5.74) is 7.11. The first kappa shape index (κ1) is 10.5. The molecular formula is C13H20N2. The van der Waals surface area contributed by atoms with Crippen LogP contribution in [0.2, 0.25) is 0 Å². The van der Waals surface area contributed by atoms with Crippen molar-refractivity contribution >= 4 is 5.69 Å². The van der Waals surface area contributed by atoms with E-state index in [0.29, 0.717) is 6.04 Å². The summed E-state index contributed by atoms with van der Waals surface area (Å²) in [6.45, 7) is 1.09. The van der Waals surface area contributed by atoms with Gasteiger partial charge in [-0.2, -0.15) is 0 Å². The third-order valence-electron chi connectivity index (χ3n) is 3.26. The average molecular weight is 204 g/mol. The van der Waals surface area contributed by atoms with E-state index < -0.39 is 0 Å². The van der Waals surface area contributed by atoms with Gasteiger partial charge in [0.25, 0.3) is 0 Å². The molecule has 1 aliphatic carbocycles. The topological polar surface area (TPSA) is 38.0 Å². The van der Waals surface area contributed by atoms with Crippen LogP contribution in [0.1, 0.15) is 25.7 Å². The largest absolute Gasteiger partial charge is 0.385 e. The molecule has 1 aliphatic rings. The third-order valence-corrected chi connectivity index (χ3v) is 3.26. The lowest BCUT2D eigenvalue weighted by Crippen LogP contribution is -2.29. The Morgan fingerprint density at radius 1 is 1.07 bits per heavy atom. The maximum Gasteiger partial charge on any atom is 0.0340 e. The summed E-state index contributed by atoms with van der Waals surface area (Å²) in [7, 11) is 0. The first-order chi connectivity index (χ1) is 7.34. The fourth-order valence-corrected chi connectivity index (χ4v) is 2.21. The Morgan fingerprint density at radius 3 is 2.40 bits per heavy atom. The Kier molecular flexibility index (Phi) is 3.62. The molecular weight excluding hydrogens is 184 g/mol. The first-order valence-corrected chi connectivity index (χ1v) is 5.89. The minimum atomic E-state index is 0.456. The van der Waals surface area contributed by atoms with E-state index in [2.05, 4.69) is 29.6 Å². The highest BCUT2D eigenvalue weighted by Crippen LogP contribution is 2.23. The molecule has 1 aromatic carbocycles. The minimum Gasteiger partial charge on any atom is -0.385 e. The van der Waals surface area contributed by atoms with Gasteiger partial charge in [0.05, 0.1) is 0 Å². The fourth-order valence-electron chi connectivity index (χ4n) is 2.21. The Bertz CT molecular complexity index is 276. The van der Waals surface area contributed by atoms with Crippen LogP contribution in [0, 0.1) is 5.92 Å². The molecule has 82 valence electrons. The van der Waals surface area contributed by atoms with E-state index in [-0.39, 0.29) is 0 Å². The Morgan fingerprint density at radius 2 is 1.73 bits per heavy atom. The van der Waals surface area contributed by atoms with E-state index in [1.54, 1.807) is 0 Å². The molecule has 3 N–H and O–H groups in total. The van der Waals surface area contributed by atoms with Crippen molar-refractivity contribution in [3.8, 4) is 0 Å². The summed E-state index contributed by atoms with van der Waals surface area (Å²) in [6.07, 6.45) is 4.95. The number of anilines is 1. The number of nitrogens with one attached hydrogen (secondary N) is 1. The lowest BCUT2D eigenvalue weighted by molar-refractivity contribution is 0.339. The molecule has 0 spiro atoms. The monoisotopic (exact) mass is 204 g/mol. The van der Waals surface area contributed by atoms with Crippen LogP contribution in [0.4, 0.5) is 5.69 Å². The molecule has 2 heteroatoms. The molecule has 1 fully saturated rings. The molecule has 2 nitrogen and oxygen atoms in total. The summed E-state index contributed by atoms with van der Waals surface area (Å²) in [4.78, 5) is 0. The van der Waals surface area contributed by atoms with Crippen LogP contribution >= 0.6 is 0 Å². The highest BCUT2D eigenvalue weighted by molar-refractivity contribution is 5.42. The quantitative estimate of drug-likeness (QED) is 0.794. The minimum absolute atomic E-state index is 0.456. The van der Waals surface area contributed by atoms with Crippen LogP contribution in [0.3, 0.4) is 0 Å². The number of hydrogen-bond donors (Lipinski definition) is 2. The smallest absolute Gasteiger partial charge is 0.0340 e. The van der Waals surface area contributed by atoms with Crippen LogP contribution in [-0.2, 0) is 0 Å². The lowest BCUT2D eigenvalue weighted by Gasteiger charge is -2.26. The molecule has 0 aromatic heterocycles. The predicted octanol–water partition coefficient (Wildman–Crippen LogP) is 2.62. The summed E-state index contributed by atoms with van der Waals surface area (Å²) in [5, 5.41) is 3.49. The van der Waals surface area contributed by atoms with Crippen LogP contribution in [0.15, 0.2) is 30.3 Å². The summed E-state index contributed by atoms with van der Waals surface area (Å²) in [5.74, 6) is 0.810. The molecule has 0 radical (unpaired) electrons. The maximum atomic E-state index is 5.88. The van der Waals surface area contributed by atoms with Crippen LogP contribution < -0.4 is 11.1 Å². The number of rotatable bonds is 3. The van der Waals surface area contributed by atoms with E-state index in [1.807, 2.05) is 6.07 Å². The van der Waals surface area contributed by atoms with Crippen molar-refractivity contribution in [2.75, 3.05) is 11.9 Å². The molecule has 2 rings (SSSR count). The lowest BCUT2D eigenvalue weighted by atomic mass is 9.86. The second kappa shape index (κ2) is 5.17. The number of para-hydroxylation sites is 1. The van der Waals surface area contributed by atoms with Crippen molar-refractivity contribution in [2.24, 2.45) is 11.7 Å². The summed E-state index contributed by atoms with van der Waals surface area (Å²) < 4.78 is 0. The van der Waals surface area contributed by atoms with Gasteiger partial charge in [-0.15, -0.1) is 0 Å². The molecule has 0 bridgehead atoms. The fraction of sp³-hybridized carbons (Fsp3) is 0.538. The van der Waals surface area contributed by atoms with Crippen molar-refractivity contribution < 1.29 is 0 Å². The molecule has 0 heterocycles. The highest BCUT2D eigenvalue weighted by atomic mass is 14.9. The second-order valence-corrected chi connectivity index (χ2v) is 4.53. The van der Waals surface area contributed by atoms with Crippen molar-refractivity contribution in [1.29, 1.82) is 0 Å².